The van der Waals surface area contributed by atoms with Gasteiger partial charge in [-0.1, -0.05) is 60.6 Å². The largest absolute Gasteiger partial charge is 0.449 e. The molecule has 1 amide bonds. The molecule has 224 valence electrons. The van der Waals surface area contributed by atoms with E-state index in [9.17, 15) is 14.0 Å². The molecule has 0 saturated carbocycles. The summed E-state index contributed by atoms with van der Waals surface area (Å²) < 4.78 is 18.0. The molecule has 41 heavy (non-hydrogen) atoms. The van der Waals surface area contributed by atoms with Crippen LogP contribution in [0.5, 0.6) is 0 Å². The molecule has 0 aliphatic carbocycles. The lowest BCUT2D eigenvalue weighted by atomic mass is 9.81. The van der Waals surface area contributed by atoms with Crippen molar-refractivity contribution >= 4 is 11.7 Å². The van der Waals surface area contributed by atoms with Crippen molar-refractivity contribution in [2.45, 2.75) is 74.8 Å². The fraction of sp³-hybridized carbons (Fsp3) is 0.424. The molecule has 2 aromatic heterocycles. The Morgan fingerprint density at radius 3 is 2.22 bits per heavy atom. The zero-order valence-electron chi connectivity index (χ0n) is 25.9. The monoisotopic (exact) mass is 566 g/mol. The Morgan fingerprint density at radius 2 is 1.76 bits per heavy atom. The standard InChI is InChI=1S/C22H26FN3O2.C5H7NO.2C2H6.C2H2/c1-15(27)11-17-13-26(21(28)19-5-4-10-24-19)14-22(2,3)20(17)25-12-16-6-8-18(23)9-7-16;1-2-5-6-3-4-7-5;3*1-2/h4-10,24-25H,11-14H2,1-3H3;3-4H,2H2,1H3;2*1-2H3;1-2H. The topological polar surface area (TPSA) is 91.2 Å². The Balaban J connectivity index is 0.00000104. The van der Waals surface area contributed by atoms with Gasteiger partial charge in [-0.25, -0.2) is 9.37 Å². The van der Waals surface area contributed by atoms with Gasteiger partial charge in [0.1, 0.15) is 23.6 Å². The number of hydrogen-bond donors (Lipinski definition) is 2. The van der Waals surface area contributed by atoms with Gasteiger partial charge in [0.15, 0.2) is 5.89 Å². The molecule has 3 heterocycles. The lowest BCUT2D eigenvalue weighted by Gasteiger charge is -2.42. The van der Waals surface area contributed by atoms with Crippen LogP contribution in [0.4, 0.5) is 4.39 Å². The molecule has 1 aromatic carbocycles. The Morgan fingerprint density at radius 1 is 1.12 bits per heavy atom. The molecule has 0 fully saturated rings. The summed E-state index contributed by atoms with van der Waals surface area (Å²) in [6, 6.07) is 9.90. The minimum absolute atomic E-state index is 0.0565. The first-order chi connectivity index (χ1) is 19.7. The molecule has 3 aromatic rings. The third-order valence-electron chi connectivity index (χ3n) is 5.74. The zero-order valence-corrected chi connectivity index (χ0v) is 25.9. The fourth-order valence-corrected chi connectivity index (χ4v) is 4.21. The second kappa shape index (κ2) is 19.9. The number of carbonyl (C=O) groups is 2. The van der Waals surface area contributed by atoms with Crippen molar-refractivity contribution in [2.75, 3.05) is 13.1 Å². The molecule has 0 saturated heterocycles. The van der Waals surface area contributed by atoms with E-state index in [1.165, 1.54) is 12.1 Å². The van der Waals surface area contributed by atoms with Gasteiger partial charge in [0.05, 0.1) is 6.20 Å². The summed E-state index contributed by atoms with van der Waals surface area (Å²) >= 11 is 0. The first-order valence-electron chi connectivity index (χ1n) is 14.0. The maximum atomic E-state index is 13.1. The van der Waals surface area contributed by atoms with Gasteiger partial charge in [-0.2, -0.15) is 0 Å². The number of benzene rings is 1. The molecule has 0 radical (unpaired) electrons. The number of ketones is 1. The number of terminal acetylenes is 1. The average Bonchev–Trinajstić information content (AvgIpc) is 3.71. The summed E-state index contributed by atoms with van der Waals surface area (Å²) in [4.78, 5) is 33.3. The van der Waals surface area contributed by atoms with Crippen molar-refractivity contribution in [3.63, 3.8) is 0 Å². The maximum Gasteiger partial charge on any atom is 0.270 e. The highest BCUT2D eigenvalue weighted by molar-refractivity contribution is 5.93. The number of nitrogens with zero attached hydrogens (tertiary/aromatic N) is 2. The predicted molar refractivity (Wildman–Crippen MR) is 165 cm³/mol. The second-order valence-corrected chi connectivity index (χ2v) is 9.25. The zero-order chi connectivity index (χ0) is 31.4. The highest BCUT2D eigenvalue weighted by atomic mass is 19.1. The summed E-state index contributed by atoms with van der Waals surface area (Å²) in [6.07, 6.45) is 14.1. The van der Waals surface area contributed by atoms with E-state index < -0.39 is 0 Å². The molecule has 4 rings (SSSR count). The van der Waals surface area contributed by atoms with Gasteiger partial charge in [0, 0.05) is 49.8 Å². The summed E-state index contributed by atoms with van der Waals surface area (Å²) in [7, 11) is 0. The fourth-order valence-electron chi connectivity index (χ4n) is 4.21. The van der Waals surface area contributed by atoms with Crippen LogP contribution in [0.2, 0.25) is 0 Å². The van der Waals surface area contributed by atoms with E-state index in [4.69, 9.17) is 4.42 Å². The summed E-state index contributed by atoms with van der Waals surface area (Å²) in [5.74, 6) is 0.523. The normalized spacial score (nSPS) is 13.0. The third kappa shape index (κ3) is 12.3. The molecule has 7 nitrogen and oxygen atoms in total. The third-order valence-corrected chi connectivity index (χ3v) is 5.74. The number of H-pyrrole nitrogens is 1. The number of rotatable bonds is 7. The Bertz CT molecular complexity index is 1180. The van der Waals surface area contributed by atoms with E-state index in [-0.39, 0.29) is 22.9 Å². The van der Waals surface area contributed by atoms with Crippen molar-refractivity contribution in [2.24, 2.45) is 5.41 Å². The molecule has 0 unspecified atom stereocenters. The van der Waals surface area contributed by atoms with Gasteiger partial charge in [0.25, 0.3) is 5.91 Å². The number of hydrogen-bond acceptors (Lipinski definition) is 5. The summed E-state index contributed by atoms with van der Waals surface area (Å²) in [6.45, 7) is 17.2. The summed E-state index contributed by atoms with van der Waals surface area (Å²) in [5.41, 5.74) is 3.07. The molecule has 0 spiro atoms. The van der Waals surface area contributed by atoms with Crippen LogP contribution in [0.15, 0.2) is 70.7 Å². The van der Waals surface area contributed by atoms with Crippen molar-refractivity contribution in [1.29, 1.82) is 0 Å². The SMILES string of the molecule is C#C.CC.CC.CC(=O)CC1=C(NCc2ccc(F)cc2)C(C)(C)CN(C(=O)c2ccc[nH]2)C1.CCc1ncco1. The van der Waals surface area contributed by atoms with Crippen LogP contribution in [0, 0.1) is 24.1 Å². The number of halogens is 1. The van der Waals surface area contributed by atoms with Gasteiger partial charge in [0.2, 0.25) is 0 Å². The smallest absolute Gasteiger partial charge is 0.270 e. The molecule has 1 aliphatic heterocycles. The molecule has 8 heteroatoms. The van der Waals surface area contributed by atoms with Gasteiger partial charge in [-0.3, -0.25) is 9.59 Å². The van der Waals surface area contributed by atoms with Gasteiger partial charge in [-0.15, -0.1) is 12.8 Å². The second-order valence-electron chi connectivity index (χ2n) is 9.25. The maximum absolute atomic E-state index is 13.1. The van der Waals surface area contributed by atoms with Crippen LogP contribution in [0.25, 0.3) is 0 Å². The molecule has 1 aliphatic rings. The number of oxazole rings is 1. The van der Waals surface area contributed by atoms with E-state index in [2.05, 4.69) is 42.0 Å². The minimum atomic E-state index is -0.342. The molecular weight excluding hydrogens is 519 g/mol. The first kappa shape index (κ1) is 36.9. The Labute approximate surface area is 245 Å². The quantitative estimate of drug-likeness (QED) is 0.295. The lowest BCUT2D eigenvalue weighted by Crippen LogP contribution is -2.48. The van der Waals surface area contributed by atoms with Crippen LogP contribution in [-0.4, -0.2) is 39.6 Å². The minimum Gasteiger partial charge on any atom is -0.449 e. The van der Waals surface area contributed by atoms with Crippen molar-refractivity contribution in [3.8, 4) is 12.8 Å². The van der Waals surface area contributed by atoms with Gasteiger partial charge in [-0.05, 0) is 42.3 Å². The van der Waals surface area contributed by atoms with E-state index in [0.717, 1.165) is 29.1 Å². The highest BCUT2D eigenvalue weighted by Crippen LogP contribution is 2.35. The lowest BCUT2D eigenvalue weighted by molar-refractivity contribution is -0.116. The van der Waals surface area contributed by atoms with E-state index >= 15 is 0 Å². The van der Waals surface area contributed by atoms with Crippen LogP contribution >= 0.6 is 0 Å². The van der Waals surface area contributed by atoms with Gasteiger partial charge >= 0.3 is 0 Å². The first-order valence-corrected chi connectivity index (χ1v) is 14.0. The summed E-state index contributed by atoms with van der Waals surface area (Å²) in [5, 5.41) is 3.46. The van der Waals surface area contributed by atoms with Crippen LogP contribution in [0.1, 0.15) is 83.8 Å². The van der Waals surface area contributed by atoms with Crippen LogP contribution < -0.4 is 5.32 Å². The number of Topliss-reactive ketones (excluding diaryl/α,β-unsaturated/α-hetero) is 1. The van der Waals surface area contributed by atoms with Gasteiger partial charge < -0.3 is 19.6 Å². The van der Waals surface area contributed by atoms with Crippen LogP contribution in [-0.2, 0) is 17.8 Å². The molecule has 0 bridgehead atoms. The van der Waals surface area contributed by atoms with Crippen molar-refractivity contribution in [1.82, 2.24) is 20.2 Å². The molecule has 2 N–H and O–H groups in total. The highest BCUT2D eigenvalue weighted by Gasteiger charge is 2.36. The van der Waals surface area contributed by atoms with Crippen molar-refractivity contribution in [3.05, 3.63) is 89.3 Å². The Hall–Kier alpha value is -4.12. The van der Waals surface area contributed by atoms with E-state index in [1.807, 2.05) is 34.6 Å². The number of aromatic amines is 1. The number of carbonyl (C=O) groups excluding carboxylic acids is 2. The Kier molecular flexibility index (Phi) is 17.9. The number of aromatic nitrogens is 2. The van der Waals surface area contributed by atoms with Crippen LogP contribution in [0.3, 0.4) is 0 Å². The molecule has 0 atom stereocenters. The van der Waals surface area contributed by atoms with E-state index in [0.29, 0.717) is 31.7 Å². The average molecular weight is 567 g/mol. The van der Waals surface area contributed by atoms with E-state index in [1.54, 1.807) is 54.7 Å². The molecular formula is C33H47FN4O3. The predicted octanol–water partition coefficient (Wildman–Crippen LogP) is 7.20. The number of aryl methyl sites for hydroxylation is 1. The van der Waals surface area contributed by atoms with Crippen molar-refractivity contribution < 1.29 is 18.4 Å². The number of amides is 1. The number of nitrogens with one attached hydrogen (secondary N) is 2.